The molecule has 0 bridgehead atoms. The normalized spacial score (nSPS) is 14.2. The van der Waals surface area contributed by atoms with E-state index in [0.717, 1.165) is 34.7 Å². The third-order valence-electron chi connectivity index (χ3n) is 6.01. The zero-order valence-corrected chi connectivity index (χ0v) is 19.0. The number of amides is 1. The number of fused-ring (bicyclic) bond motifs is 5. The molecule has 9 heteroatoms. The highest BCUT2D eigenvalue weighted by Gasteiger charge is 2.23. The summed E-state index contributed by atoms with van der Waals surface area (Å²) in [6.45, 7) is 3.07. The number of thiazole rings is 1. The molecule has 1 N–H and O–H groups in total. The van der Waals surface area contributed by atoms with Gasteiger partial charge in [0.05, 0.1) is 28.8 Å². The largest absolute Gasteiger partial charge is 0.378 e. The summed E-state index contributed by atoms with van der Waals surface area (Å²) in [5.41, 5.74) is 2.16. The van der Waals surface area contributed by atoms with Crippen molar-refractivity contribution >= 4 is 49.1 Å². The number of pyridine rings is 3. The maximum Gasteiger partial charge on any atom is 0.258 e. The highest BCUT2D eigenvalue weighted by atomic mass is 32.1. The molecule has 6 rings (SSSR count). The lowest BCUT2D eigenvalue weighted by Gasteiger charge is -2.27. The minimum Gasteiger partial charge on any atom is -0.378 e. The maximum absolute atomic E-state index is 13.6. The van der Waals surface area contributed by atoms with Crippen LogP contribution in [0.4, 0.5) is 5.82 Å². The number of nitrogens with one attached hydrogen (secondary N) is 1. The average molecular weight is 472 g/mol. The first-order chi connectivity index (χ1) is 16.7. The van der Waals surface area contributed by atoms with Gasteiger partial charge in [0.1, 0.15) is 16.2 Å². The van der Waals surface area contributed by atoms with Gasteiger partial charge in [-0.1, -0.05) is 18.2 Å². The van der Waals surface area contributed by atoms with E-state index in [1.54, 1.807) is 18.5 Å². The van der Waals surface area contributed by atoms with Gasteiger partial charge in [0.25, 0.3) is 5.91 Å². The molecule has 1 fully saturated rings. The van der Waals surface area contributed by atoms with Gasteiger partial charge < -0.3 is 15.0 Å². The molecule has 4 aromatic heterocycles. The summed E-state index contributed by atoms with van der Waals surface area (Å²) >= 11 is 1.42. The number of aromatic nitrogens is 3. The molecule has 1 amide bonds. The molecular formula is C25H21N5O3S. The molecule has 0 aliphatic carbocycles. The second kappa shape index (κ2) is 8.51. The topological polar surface area (TPSA) is 88.8 Å². The first kappa shape index (κ1) is 20.8. The second-order valence-electron chi connectivity index (χ2n) is 8.10. The lowest BCUT2D eigenvalue weighted by Crippen LogP contribution is -2.36. The van der Waals surface area contributed by atoms with E-state index in [0.29, 0.717) is 29.1 Å². The van der Waals surface area contributed by atoms with E-state index >= 15 is 0 Å². The van der Waals surface area contributed by atoms with Crippen molar-refractivity contribution < 1.29 is 9.53 Å². The number of carbonyl (C=O) groups is 1. The third-order valence-corrected chi connectivity index (χ3v) is 7.16. The molecule has 1 aromatic carbocycles. The molecule has 34 heavy (non-hydrogen) atoms. The molecule has 0 atom stereocenters. The quantitative estimate of drug-likeness (QED) is 0.433. The highest BCUT2D eigenvalue weighted by Crippen LogP contribution is 2.31. The van der Waals surface area contributed by atoms with Crippen molar-refractivity contribution in [1.82, 2.24) is 19.7 Å². The molecule has 0 spiro atoms. The Morgan fingerprint density at radius 1 is 1.09 bits per heavy atom. The van der Waals surface area contributed by atoms with Crippen molar-refractivity contribution in [2.24, 2.45) is 0 Å². The van der Waals surface area contributed by atoms with Crippen molar-refractivity contribution in [1.29, 1.82) is 0 Å². The molecule has 1 saturated heterocycles. The smallest absolute Gasteiger partial charge is 0.258 e. The van der Waals surface area contributed by atoms with E-state index < -0.39 is 5.91 Å². The number of para-hydroxylation sites is 1. The molecule has 1 aliphatic heterocycles. The molecule has 0 unspecified atom stereocenters. The standard InChI is InChI=1S/C25H21N5O3S/c31-22-17-7-8-20(29-10-12-33-13-11-29)28-23(17)30-18-5-1-2-6-19(18)34-25(30)21(22)24(32)27-15-16-4-3-9-26-14-16/h1-9,14H,10-13,15H2,(H,27,32). The molecule has 0 radical (unpaired) electrons. The zero-order chi connectivity index (χ0) is 23.1. The lowest BCUT2D eigenvalue weighted by atomic mass is 10.1. The summed E-state index contributed by atoms with van der Waals surface area (Å²) in [7, 11) is 0. The van der Waals surface area contributed by atoms with Gasteiger partial charge in [0.15, 0.2) is 5.65 Å². The van der Waals surface area contributed by atoms with Crippen LogP contribution in [0.2, 0.25) is 0 Å². The molecular weight excluding hydrogens is 450 g/mol. The van der Waals surface area contributed by atoms with Gasteiger partial charge in [-0.25, -0.2) is 4.98 Å². The van der Waals surface area contributed by atoms with Gasteiger partial charge in [0.2, 0.25) is 5.43 Å². The Morgan fingerprint density at radius 3 is 2.76 bits per heavy atom. The summed E-state index contributed by atoms with van der Waals surface area (Å²) in [6.07, 6.45) is 3.37. The zero-order valence-electron chi connectivity index (χ0n) is 18.2. The maximum atomic E-state index is 13.6. The Hall–Kier alpha value is -3.82. The third kappa shape index (κ3) is 3.49. The number of rotatable bonds is 4. The Labute approximate surface area is 198 Å². The van der Waals surface area contributed by atoms with Gasteiger partial charge in [0, 0.05) is 32.0 Å². The van der Waals surface area contributed by atoms with Crippen LogP contribution in [0, 0.1) is 0 Å². The summed E-state index contributed by atoms with van der Waals surface area (Å²) < 4.78 is 8.39. The van der Waals surface area contributed by atoms with E-state index in [1.165, 1.54) is 11.3 Å². The summed E-state index contributed by atoms with van der Waals surface area (Å²) in [5.74, 6) is 0.394. The number of anilines is 1. The fraction of sp³-hybridized carbons (Fsp3) is 0.200. The number of hydrogen-bond acceptors (Lipinski definition) is 7. The van der Waals surface area contributed by atoms with Gasteiger partial charge in [-0.15, -0.1) is 11.3 Å². The van der Waals surface area contributed by atoms with Gasteiger partial charge >= 0.3 is 0 Å². The first-order valence-electron chi connectivity index (χ1n) is 11.1. The van der Waals surface area contributed by atoms with Gasteiger partial charge in [-0.05, 0) is 35.9 Å². The van der Waals surface area contributed by atoms with Crippen LogP contribution >= 0.6 is 11.3 Å². The van der Waals surface area contributed by atoms with E-state index in [1.807, 2.05) is 46.9 Å². The highest BCUT2D eigenvalue weighted by molar-refractivity contribution is 7.24. The van der Waals surface area contributed by atoms with Crippen molar-refractivity contribution in [3.8, 4) is 0 Å². The Balaban J connectivity index is 1.54. The number of hydrogen-bond donors (Lipinski definition) is 1. The fourth-order valence-electron chi connectivity index (χ4n) is 4.32. The van der Waals surface area contributed by atoms with E-state index in [-0.39, 0.29) is 17.5 Å². The van der Waals surface area contributed by atoms with Crippen molar-refractivity contribution in [3.63, 3.8) is 0 Å². The second-order valence-corrected chi connectivity index (χ2v) is 9.13. The van der Waals surface area contributed by atoms with Crippen molar-refractivity contribution in [2.45, 2.75) is 6.54 Å². The first-order valence-corrected chi connectivity index (χ1v) is 11.9. The summed E-state index contributed by atoms with van der Waals surface area (Å²) in [5, 5.41) is 3.31. The Morgan fingerprint density at radius 2 is 1.94 bits per heavy atom. The molecule has 0 saturated carbocycles. The molecule has 1 aliphatic rings. The van der Waals surface area contributed by atoms with Crippen LogP contribution in [0.1, 0.15) is 15.9 Å². The molecule has 5 heterocycles. The van der Waals surface area contributed by atoms with Crippen LogP contribution in [0.15, 0.2) is 65.7 Å². The predicted octanol–water partition coefficient (Wildman–Crippen LogP) is 3.22. The van der Waals surface area contributed by atoms with Gasteiger partial charge in [-0.2, -0.15) is 0 Å². The summed E-state index contributed by atoms with van der Waals surface area (Å²) in [4.78, 5) is 38.6. The summed E-state index contributed by atoms with van der Waals surface area (Å²) in [6, 6.07) is 15.2. The van der Waals surface area contributed by atoms with E-state index in [9.17, 15) is 9.59 Å². The molecule has 8 nitrogen and oxygen atoms in total. The minimum absolute atomic E-state index is 0.138. The van der Waals surface area contributed by atoms with Crippen LogP contribution in [-0.4, -0.2) is 46.6 Å². The monoisotopic (exact) mass is 471 g/mol. The van der Waals surface area contributed by atoms with Crippen LogP contribution in [0.25, 0.3) is 26.1 Å². The molecule has 170 valence electrons. The number of benzene rings is 1. The number of carbonyl (C=O) groups excluding carboxylic acids is 1. The fourth-order valence-corrected chi connectivity index (χ4v) is 5.50. The molecule has 5 aromatic rings. The number of morpholine rings is 1. The van der Waals surface area contributed by atoms with Crippen LogP contribution < -0.4 is 15.6 Å². The Kier molecular flexibility index (Phi) is 5.20. The van der Waals surface area contributed by atoms with Crippen LogP contribution in [0.3, 0.4) is 0 Å². The van der Waals surface area contributed by atoms with Crippen LogP contribution in [-0.2, 0) is 11.3 Å². The van der Waals surface area contributed by atoms with E-state index in [4.69, 9.17) is 9.72 Å². The SMILES string of the molecule is O=C(NCc1cccnc1)c1c(=O)c2ccc(N3CCOCC3)nc2n2c1sc1ccccc12. The van der Waals surface area contributed by atoms with Crippen molar-refractivity contribution in [3.05, 3.63) is 82.3 Å². The minimum atomic E-state index is -0.405. The van der Waals surface area contributed by atoms with E-state index in [2.05, 4.69) is 15.2 Å². The number of nitrogens with zero attached hydrogens (tertiary/aromatic N) is 4. The average Bonchev–Trinajstić information content (AvgIpc) is 3.27. The predicted molar refractivity (Wildman–Crippen MR) is 133 cm³/mol. The van der Waals surface area contributed by atoms with Crippen molar-refractivity contribution in [2.75, 3.05) is 31.2 Å². The Bertz CT molecular complexity index is 1590. The van der Waals surface area contributed by atoms with Crippen LogP contribution in [0.5, 0.6) is 0 Å². The van der Waals surface area contributed by atoms with Gasteiger partial charge in [-0.3, -0.25) is 19.0 Å². The lowest BCUT2D eigenvalue weighted by molar-refractivity contribution is 0.0951. The number of ether oxygens (including phenoxy) is 1.